The Balaban J connectivity index is 2.83. The van der Waals surface area contributed by atoms with Gasteiger partial charge in [0.1, 0.15) is 5.75 Å². The van der Waals surface area contributed by atoms with Crippen molar-refractivity contribution in [2.75, 3.05) is 0 Å². The Morgan fingerprint density at radius 2 is 1.56 bits per heavy atom. The average Bonchev–Trinajstić information content (AvgIpc) is 2.53. The van der Waals surface area contributed by atoms with Crippen LogP contribution in [0.25, 0.3) is 11.1 Å². The Hall–Kier alpha value is -1.29. The van der Waals surface area contributed by atoms with E-state index in [0.717, 1.165) is 20.3 Å². The number of hydrogen-bond donors (Lipinski definition) is 0. The molecule has 0 heterocycles. The van der Waals surface area contributed by atoms with Gasteiger partial charge in [0.15, 0.2) is 0 Å². The lowest BCUT2D eigenvalue weighted by Crippen LogP contribution is -2.28. The molecule has 0 aromatic heterocycles. The SMILES string of the molecule is CC(C)c1ccc(OS(=O)(=O)C(F)(F)F)c(C(C)C)c1-c1ccccc1I. The molecule has 0 radical (unpaired) electrons. The van der Waals surface area contributed by atoms with Gasteiger partial charge in [-0.25, -0.2) is 0 Å². The van der Waals surface area contributed by atoms with Crippen LogP contribution in [-0.4, -0.2) is 13.9 Å². The van der Waals surface area contributed by atoms with E-state index >= 15 is 0 Å². The third-order valence-corrected chi connectivity index (χ3v) is 5.97. The first-order valence-electron chi connectivity index (χ1n) is 8.29. The van der Waals surface area contributed by atoms with E-state index in [1.165, 1.54) is 6.07 Å². The molecule has 0 atom stereocenters. The Bertz CT molecular complexity index is 936. The fraction of sp³-hybridized carbons (Fsp3) is 0.368. The van der Waals surface area contributed by atoms with Crippen molar-refractivity contribution in [3.63, 3.8) is 0 Å². The summed E-state index contributed by atoms with van der Waals surface area (Å²) >= 11 is 2.16. The molecule has 0 fully saturated rings. The predicted octanol–water partition coefficient (Wildman–Crippen LogP) is 6.43. The molecule has 0 amide bonds. The van der Waals surface area contributed by atoms with Gasteiger partial charge >= 0.3 is 15.6 Å². The highest BCUT2D eigenvalue weighted by Crippen LogP contribution is 2.44. The second kappa shape index (κ2) is 7.98. The van der Waals surface area contributed by atoms with Crippen LogP contribution in [0.4, 0.5) is 13.2 Å². The van der Waals surface area contributed by atoms with E-state index < -0.39 is 15.6 Å². The summed E-state index contributed by atoms with van der Waals surface area (Å²) in [5.41, 5.74) is -2.57. The number of halogens is 4. The van der Waals surface area contributed by atoms with Crippen molar-refractivity contribution in [3.05, 3.63) is 51.1 Å². The summed E-state index contributed by atoms with van der Waals surface area (Å²) in [6, 6.07) is 10.4. The minimum absolute atomic E-state index is 0.0850. The number of rotatable bonds is 5. The molecule has 0 saturated carbocycles. The summed E-state index contributed by atoms with van der Waals surface area (Å²) in [5, 5.41) is 0. The molecule has 27 heavy (non-hydrogen) atoms. The summed E-state index contributed by atoms with van der Waals surface area (Å²) in [6.07, 6.45) is 0. The molecule has 2 rings (SSSR count). The van der Waals surface area contributed by atoms with E-state index in [0.29, 0.717) is 5.56 Å². The molecule has 0 aliphatic carbocycles. The third-order valence-electron chi connectivity index (χ3n) is 4.06. The van der Waals surface area contributed by atoms with E-state index in [4.69, 9.17) is 0 Å². The fourth-order valence-corrected chi connectivity index (χ4v) is 4.01. The highest BCUT2D eigenvalue weighted by Gasteiger charge is 2.49. The van der Waals surface area contributed by atoms with Crippen molar-refractivity contribution in [1.82, 2.24) is 0 Å². The Labute approximate surface area is 171 Å². The lowest BCUT2D eigenvalue weighted by molar-refractivity contribution is -0.0500. The van der Waals surface area contributed by atoms with Crippen molar-refractivity contribution in [2.45, 2.75) is 45.0 Å². The van der Waals surface area contributed by atoms with Crippen molar-refractivity contribution in [3.8, 4) is 16.9 Å². The largest absolute Gasteiger partial charge is 0.534 e. The van der Waals surface area contributed by atoms with Crippen LogP contribution in [0.15, 0.2) is 36.4 Å². The maximum atomic E-state index is 12.8. The van der Waals surface area contributed by atoms with Gasteiger partial charge in [-0.3, -0.25) is 0 Å². The van der Waals surface area contributed by atoms with Crippen LogP contribution >= 0.6 is 22.6 Å². The summed E-state index contributed by atoms with van der Waals surface area (Å²) in [5.74, 6) is -0.462. The standard InChI is InChI=1S/C19H20F3IO3S/c1-11(2)13-9-10-16(26-27(24,25)19(20,21)22)17(12(3)4)18(13)14-7-5-6-8-15(14)23/h5-12H,1-4H3. The molecule has 0 bridgehead atoms. The van der Waals surface area contributed by atoms with Gasteiger partial charge in [0.05, 0.1) is 0 Å². The minimum Gasteiger partial charge on any atom is -0.376 e. The molecule has 2 aromatic rings. The molecule has 0 aliphatic rings. The summed E-state index contributed by atoms with van der Waals surface area (Å²) in [4.78, 5) is 0. The van der Waals surface area contributed by atoms with E-state index in [9.17, 15) is 21.6 Å². The number of hydrogen-bond acceptors (Lipinski definition) is 3. The molecule has 148 valence electrons. The molecule has 0 spiro atoms. The first-order valence-corrected chi connectivity index (χ1v) is 10.8. The van der Waals surface area contributed by atoms with Crippen LogP contribution in [0.1, 0.15) is 50.7 Å². The second-order valence-electron chi connectivity index (χ2n) is 6.71. The van der Waals surface area contributed by atoms with Crippen LogP contribution in [0.2, 0.25) is 0 Å². The average molecular weight is 512 g/mol. The first-order chi connectivity index (χ1) is 12.4. The van der Waals surface area contributed by atoms with E-state index in [1.54, 1.807) is 19.9 Å². The Morgan fingerprint density at radius 3 is 2.04 bits per heavy atom. The number of alkyl halides is 3. The summed E-state index contributed by atoms with van der Waals surface area (Å²) < 4.78 is 67.1. The zero-order valence-corrected chi connectivity index (χ0v) is 18.2. The molecule has 0 N–H and O–H groups in total. The number of benzene rings is 2. The van der Waals surface area contributed by atoms with Crippen molar-refractivity contribution in [2.24, 2.45) is 0 Å². The molecule has 0 unspecified atom stereocenters. The molecular formula is C19H20F3IO3S. The third kappa shape index (κ3) is 4.59. The fourth-order valence-electron chi connectivity index (χ4n) is 2.87. The van der Waals surface area contributed by atoms with Crippen LogP contribution < -0.4 is 4.18 Å². The van der Waals surface area contributed by atoms with Gasteiger partial charge in [0.2, 0.25) is 0 Å². The molecule has 0 aliphatic heterocycles. The molecule has 3 nitrogen and oxygen atoms in total. The van der Waals surface area contributed by atoms with Crippen molar-refractivity contribution < 1.29 is 25.8 Å². The molecule has 8 heteroatoms. The van der Waals surface area contributed by atoms with E-state index in [-0.39, 0.29) is 17.6 Å². The molecule has 0 saturated heterocycles. The van der Waals surface area contributed by atoms with Gasteiger partial charge in [-0.1, -0.05) is 52.0 Å². The van der Waals surface area contributed by atoms with Gasteiger partial charge < -0.3 is 4.18 Å². The Kier molecular flexibility index (Phi) is 6.51. The first kappa shape index (κ1) is 22.0. The smallest absolute Gasteiger partial charge is 0.376 e. The zero-order valence-electron chi connectivity index (χ0n) is 15.3. The topological polar surface area (TPSA) is 43.4 Å². The summed E-state index contributed by atoms with van der Waals surface area (Å²) in [6.45, 7) is 7.55. The maximum Gasteiger partial charge on any atom is 0.534 e. The van der Waals surface area contributed by atoms with E-state index in [1.807, 2.05) is 38.1 Å². The normalized spacial score (nSPS) is 12.7. The summed E-state index contributed by atoms with van der Waals surface area (Å²) in [7, 11) is -5.75. The van der Waals surface area contributed by atoms with Crippen LogP contribution in [0.3, 0.4) is 0 Å². The van der Waals surface area contributed by atoms with Gasteiger partial charge in [0.25, 0.3) is 0 Å². The minimum atomic E-state index is -5.75. The lowest BCUT2D eigenvalue weighted by Gasteiger charge is -2.24. The van der Waals surface area contributed by atoms with Crippen LogP contribution in [0.5, 0.6) is 5.75 Å². The monoisotopic (exact) mass is 512 g/mol. The highest BCUT2D eigenvalue weighted by atomic mass is 127. The zero-order chi connectivity index (χ0) is 20.6. The predicted molar refractivity (Wildman–Crippen MR) is 108 cm³/mol. The quantitative estimate of drug-likeness (QED) is 0.263. The van der Waals surface area contributed by atoms with Gasteiger partial charge in [-0.2, -0.15) is 21.6 Å². The van der Waals surface area contributed by atoms with Crippen molar-refractivity contribution in [1.29, 1.82) is 0 Å². The second-order valence-corrected chi connectivity index (χ2v) is 9.41. The van der Waals surface area contributed by atoms with Crippen LogP contribution in [-0.2, 0) is 10.1 Å². The molecule has 2 aromatic carbocycles. The van der Waals surface area contributed by atoms with Gasteiger partial charge in [0, 0.05) is 9.13 Å². The van der Waals surface area contributed by atoms with Crippen molar-refractivity contribution >= 4 is 32.7 Å². The molecular weight excluding hydrogens is 492 g/mol. The lowest BCUT2D eigenvalue weighted by atomic mass is 9.84. The van der Waals surface area contributed by atoms with Crippen LogP contribution in [0, 0.1) is 3.57 Å². The van der Waals surface area contributed by atoms with Gasteiger partial charge in [-0.05, 0) is 63.2 Å². The van der Waals surface area contributed by atoms with E-state index in [2.05, 4.69) is 26.8 Å². The van der Waals surface area contributed by atoms with Gasteiger partial charge in [-0.15, -0.1) is 0 Å². The Morgan fingerprint density at radius 1 is 0.963 bits per heavy atom. The highest BCUT2D eigenvalue weighted by molar-refractivity contribution is 14.1. The maximum absolute atomic E-state index is 12.8.